The highest BCUT2D eigenvalue weighted by Gasteiger charge is 2.41. The van der Waals surface area contributed by atoms with Gasteiger partial charge in [0.05, 0.1) is 6.04 Å². The zero-order chi connectivity index (χ0) is 21.3. The number of rotatable bonds is 6. The van der Waals surface area contributed by atoms with Crippen molar-refractivity contribution in [2.75, 3.05) is 11.4 Å². The van der Waals surface area contributed by atoms with Gasteiger partial charge >= 0.3 is 16.6 Å². The molecular formula is C15H18F3N3O6S. The summed E-state index contributed by atoms with van der Waals surface area (Å²) >= 11 is 0. The van der Waals surface area contributed by atoms with Crippen LogP contribution in [0.5, 0.6) is 5.75 Å². The molecule has 13 heteroatoms. The van der Waals surface area contributed by atoms with Gasteiger partial charge in [0.25, 0.3) is 0 Å². The van der Waals surface area contributed by atoms with E-state index in [1.165, 1.54) is 6.07 Å². The molecule has 1 aromatic rings. The number of carbonyl (C=O) groups excluding carboxylic acids is 2. The predicted molar refractivity (Wildman–Crippen MR) is 90.9 cm³/mol. The minimum absolute atomic E-state index is 0.184. The van der Waals surface area contributed by atoms with E-state index in [0.717, 1.165) is 17.0 Å². The molecule has 156 valence electrons. The molecule has 0 aromatic heterocycles. The maximum atomic E-state index is 12.6. The van der Waals surface area contributed by atoms with Crippen molar-refractivity contribution in [1.82, 2.24) is 5.32 Å². The van der Waals surface area contributed by atoms with Crippen molar-refractivity contribution in [3.05, 3.63) is 23.8 Å². The van der Waals surface area contributed by atoms with E-state index in [0.29, 0.717) is 0 Å². The van der Waals surface area contributed by atoms with E-state index in [4.69, 9.17) is 10.3 Å². The number of halogens is 3. The van der Waals surface area contributed by atoms with Crippen molar-refractivity contribution < 1.29 is 39.9 Å². The Morgan fingerprint density at radius 2 is 2.07 bits per heavy atom. The lowest BCUT2D eigenvalue weighted by Crippen LogP contribution is -2.53. The third kappa shape index (κ3) is 5.33. The van der Waals surface area contributed by atoms with Crippen LogP contribution in [0.1, 0.15) is 18.9 Å². The molecular weight excluding hydrogens is 407 g/mol. The fourth-order valence-electron chi connectivity index (χ4n) is 2.74. The Bertz CT molecular complexity index is 874. The summed E-state index contributed by atoms with van der Waals surface area (Å²) in [5, 5.41) is 1.73. The number of nitrogens with two attached hydrogens (primary N) is 1. The average Bonchev–Trinajstić information content (AvgIpc) is 2.94. The second kappa shape index (κ2) is 7.93. The molecule has 4 N–H and O–H groups in total. The van der Waals surface area contributed by atoms with Crippen LogP contribution in [0.15, 0.2) is 18.2 Å². The van der Waals surface area contributed by atoms with E-state index in [2.05, 4.69) is 4.18 Å². The lowest BCUT2D eigenvalue weighted by molar-refractivity contribution is -0.139. The number of benzene rings is 1. The van der Waals surface area contributed by atoms with Crippen molar-refractivity contribution in [2.24, 2.45) is 5.73 Å². The van der Waals surface area contributed by atoms with Gasteiger partial charge < -0.3 is 15.2 Å². The first kappa shape index (κ1) is 21.9. The highest BCUT2D eigenvalue weighted by Crippen LogP contribution is 2.36. The highest BCUT2D eigenvalue weighted by molar-refractivity contribution is 7.81. The molecule has 0 aliphatic carbocycles. The number of nitrogens with one attached hydrogen (secondary N) is 1. The molecule has 1 aliphatic rings. The Kier molecular flexibility index (Phi) is 6.21. The minimum atomic E-state index is -4.80. The van der Waals surface area contributed by atoms with Crippen molar-refractivity contribution in [3.8, 4) is 5.75 Å². The van der Waals surface area contributed by atoms with Gasteiger partial charge in [-0.25, -0.2) is 0 Å². The summed E-state index contributed by atoms with van der Waals surface area (Å²) < 4.78 is 72.0. The zero-order valence-electron chi connectivity index (χ0n) is 14.6. The Labute approximate surface area is 158 Å². The van der Waals surface area contributed by atoms with E-state index in [-0.39, 0.29) is 29.8 Å². The van der Waals surface area contributed by atoms with Crippen LogP contribution in [0, 0.1) is 0 Å². The van der Waals surface area contributed by atoms with Crippen LogP contribution in [0.3, 0.4) is 0 Å². The smallest absolute Gasteiger partial charge is 0.362 e. The Morgan fingerprint density at radius 1 is 1.43 bits per heavy atom. The number of nitrogens with zero attached hydrogens (tertiary/aromatic N) is 1. The van der Waals surface area contributed by atoms with Crippen LogP contribution in [-0.2, 0) is 26.4 Å². The zero-order valence-corrected chi connectivity index (χ0v) is 15.4. The molecule has 2 rings (SSSR count). The lowest BCUT2D eigenvalue weighted by Gasteiger charge is -2.27. The average molecular weight is 425 g/mol. The Balaban J connectivity index is 2.36. The topological polar surface area (TPSA) is 139 Å². The molecule has 2 atom stereocenters. The van der Waals surface area contributed by atoms with Gasteiger partial charge in [-0.2, -0.15) is 21.6 Å². The molecule has 9 nitrogen and oxygen atoms in total. The summed E-state index contributed by atoms with van der Waals surface area (Å²) in [5.41, 5.74) is 6.18. The Morgan fingerprint density at radius 3 is 2.61 bits per heavy atom. The lowest BCUT2D eigenvalue weighted by atomic mass is 10.1. The van der Waals surface area contributed by atoms with Crippen LogP contribution >= 0.6 is 0 Å². The summed E-state index contributed by atoms with van der Waals surface area (Å²) in [6, 6.07) is 1.26. The van der Waals surface area contributed by atoms with E-state index in [9.17, 15) is 31.2 Å². The summed E-state index contributed by atoms with van der Waals surface area (Å²) in [6.45, 7) is 0.0545. The first-order valence-electron chi connectivity index (χ1n) is 8.05. The van der Waals surface area contributed by atoms with Gasteiger partial charge in [0.2, 0.25) is 11.8 Å². The maximum Gasteiger partial charge on any atom is 0.446 e. The predicted octanol–water partition coefficient (Wildman–Crippen LogP) is 0.542. The highest BCUT2D eigenvalue weighted by atomic mass is 32.3. The maximum absolute atomic E-state index is 12.6. The normalized spacial score (nSPS) is 17.8. The second-order valence-electron chi connectivity index (χ2n) is 6.08. The minimum Gasteiger partial charge on any atom is -0.362 e. The number of hydrogen-bond donors (Lipinski definition) is 3. The fraction of sp³-hybridized carbons (Fsp3) is 0.467. The second-order valence-corrected chi connectivity index (χ2v) is 7.10. The molecule has 2 unspecified atom stereocenters. The van der Waals surface area contributed by atoms with Crippen LogP contribution in [0.4, 0.5) is 18.9 Å². The third-order valence-corrected chi connectivity index (χ3v) is 4.40. The molecule has 2 amide bonds. The monoisotopic (exact) mass is 425 g/mol. The molecule has 1 aromatic carbocycles. The Hall–Kier alpha value is -2.38. The molecule has 28 heavy (non-hydrogen) atoms. The first-order chi connectivity index (χ1) is 12.8. The number of anilines is 1. The number of hydrogen-bond acceptors (Lipinski definition) is 6. The van der Waals surface area contributed by atoms with Gasteiger partial charge in [-0.3, -0.25) is 19.0 Å². The SMILES string of the molecule is CCC(N)C(=O)N1c2ccc(OS(=O)(=O)O)cc2CC1C(=O)NCC(F)(F)F. The quantitative estimate of drug-likeness (QED) is 0.566. The van der Waals surface area contributed by atoms with Gasteiger partial charge in [-0.1, -0.05) is 6.92 Å². The molecule has 0 saturated heterocycles. The molecule has 1 heterocycles. The summed E-state index contributed by atoms with van der Waals surface area (Å²) in [6.07, 6.45) is -4.60. The van der Waals surface area contributed by atoms with Crippen LogP contribution < -0.4 is 20.1 Å². The van der Waals surface area contributed by atoms with Gasteiger partial charge in [-0.05, 0) is 30.2 Å². The van der Waals surface area contributed by atoms with Crippen molar-refractivity contribution >= 4 is 27.9 Å². The number of alkyl halides is 3. The van der Waals surface area contributed by atoms with Crippen molar-refractivity contribution in [2.45, 2.75) is 38.0 Å². The number of fused-ring (bicyclic) bond motifs is 1. The number of amides is 2. The van der Waals surface area contributed by atoms with Gasteiger partial charge in [0.15, 0.2) is 0 Å². The first-order valence-corrected chi connectivity index (χ1v) is 9.42. The standard InChI is InChI=1S/C15H18F3N3O6S/c1-2-10(19)14(23)21-11-4-3-9(27-28(24,25)26)5-8(11)6-12(21)13(22)20-7-15(16,17)18/h3-5,10,12H,2,6-7,19H2,1H3,(H,20,22)(H,24,25,26). The van der Waals surface area contributed by atoms with Crippen LogP contribution in [-0.4, -0.2) is 49.6 Å². The summed E-state index contributed by atoms with van der Waals surface area (Å²) in [7, 11) is -4.80. The van der Waals surface area contributed by atoms with Crippen LogP contribution in [0.25, 0.3) is 0 Å². The van der Waals surface area contributed by atoms with E-state index < -0.39 is 47.0 Å². The molecule has 0 spiro atoms. The van der Waals surface area contributed by atoms with Crippen molar-refractivity contribution in [1.29, 1.82) is 0 Å². The van der Waals surface area contributed by atoms with E-state index >= 15 is 0 Å². The molecule has 0 bridgehead atoms. The van der Waals surface area contributed by atoms with Crippen molar-refractivity contribution in [3.63, 3.8) is 0 Å². The van der Waals surface area contributed by atoms with Gasteiger partial charge in [0, 0.05) is 12.1 Å². The molecule has 1 aliphatic heterocycles. The molecule has 0 fully saturated rings. The molecule has 0 saturated carbocycles. The summed E-state index contributed by atoms with van der Waals surface area (Å²) in [4.78, 5) is 25.9. The largest absolute Gasteiger partial charge is 0.446 e. The van der Waals surface area contributed by atoms with E-state index in [1.807, 2.05) is 0 Å². The molecule has 0 radical (unpaired) electrons. The van der Waals surface area contributed by atoms with Gasteiger partial charge in [-0.15, -0.1) is 0 Å². The van der Waals surface area contributed by atoms with Gasteiger partial charge in [0.1, 0.15) is 18.3 Å². The summed E-state index contributed by atoms with van der Waals surface area (Å²) in [5.74, 6) is -2.00. The fourth-order valence-corrected chi connectivity index (χ4v) is 3.09. The number of carbonyl (C=O) groups is 2. The third-order valence-electron chi connectivity index (χ3n) is 4.00. The van der Waals surface area contributed by atoms with Crippen LogP contribution in [0.2, 0.25) is 0 Å². The van der Waals surface area contributed by atoms with E-state index in [1.54, 1.807) is 12.2 Å².